The van der Waals surface area contributed by atoms with Gasteiger partial charge in [0, 0.05) is 5.56 Å². The van der Waals surface area contributed by atoms with E-state index in [2.05, 4.69) is 20.0 Å². The van der Waals surface area contributed by atoms with Crippen LogP contribution in [0.3, 0.4) is 0 Å². The largest absolute Gasteiger partial charge is 0.497 e. The van der Waals surface area contributed by atoms with Gasteiger partial charge in [-0.1, -0.05) is 53.0 Å². The number of amides is 1. The summed E-state index contributed by atoms with van der Waals surface area (Å²) in [7, 11) is 2.81. The quantitative estimate of drug-likeness (QED) is 0.535. The van der Waals surface area contributed by atoms with Gasteiger partial charge >= 0.3 is 6.09 Å². The lowest BCUT2D eigenvalue weighted by molar-refractivity contribution is 0.167. The van der Waals surface area contributed by atoms with Crippen LogP contribution in [0.5, 0.6) is 5.75 Å². The number of nitrogens with one attached hydrogen (secondary N) is 1. The molecule has 1 atom stereocenters. The third-order valence-corrected chi connectivity index (χ3v) is 5.44. The molecule has 0 aliphatic rings. The summed E-state index contributed by atoms with van der Waals surface area (Å²) < 4.78 is 9.80. The number of nitrogens with zero attached hydrogens (tertiary/aromatic N) is 3. The number of methoxy groups -OCH3 is 2. The highest BCUT2D eigenvalue weighted by Crippen LogP contribution is 2.31. The Kier molecular flexibility index (Phi) is 7.25. The first-order valence-electron chi connectivity index (χ1n) is 8.57. The monoisotopic (exact) mass is 486 g/mol. The summed E-state index contributed by atoms with van der Waals surface area (Å²) in [5, 5.41) is 2.40. The van der Waals surface area contributed by atoms with Crippen LogP contribution in [0.2, 0.25) is 0 Å². The molecule has 0 aliphatic carbocycles. The standard InChI is InChI=1S/C19H17Cl3N4O3S/c1-28-14-10-8-12(9-11-14)15-23-17(30-26(15)13-6-4-3-5-7-13)24-16(19(20,21)22)25-18(27)29-2/h3-11,16H,1-2H3,(H,25,27). The first kappa shape index (κ1) is 22.4. The van der Waals surface area contributed by atoms with E-state index in [-0.39, 0.29) is 0 Å². The van der Waals surface area contributed by atoms with Gasteiger partial charge in [-0.05, 0) is 47.9 Å². The van der Waals surface area contributed by atoms with E-state index in [0.29, 0.717) is 10.6 Å². The fourth-order valence-corrected chi connectivity index (χ4v) is 3.68. The highest BCUT2D eigenvalue weighted by Gasteiger charge is 2.34. The van der Waals surface area contributed by atoms with E-state index in [4.69, 9.17) is 39.5 Å². The lowest BCUT2D eigenvalue weighted by Crippen LogP contribution is -2.43. The Bertz CT molecular complexity index is 1060. The van der Waals surface area contributed by atoms with Gasteiger partial charge in [-0.2, -0.15) is 4.98 Å². The summed E-state index contributed by atoms with van der Waals surface area (Å²) in [6.45, 7) is 0. The number of carbonyl (C=O) groups is 1. The Hall–Kier alpha value is -2.26. The Morgan fingerprint density at radius 1 is 1.13 bits per heavy atom. The molecule has 1 aromatic heterocycles. The molecule has 7 nitrogen and oxygen atoms in total. The fraction of sp³-hybridized carbons (Fsp3) is 0.211. The van der Waals surface area contributed by atoms with Crippen LogP contribution in [-0.2, 0) is 4.74 Å². The van der Waals surface area contributed by atoms with Crippen molar-refractivity contribution < 1.29 is 14.3 Å². The second-order valence-corrected chi connectivity index (χ2v) is 9.16. The SMILES string of the molecule is COC(=O)NC(N=c1nc(-c2ccc(OC)cc2)n(-c2ccccc2)s1)C(Cl)(Cl)Cl. The topological polar surface area (TPSA) is 77.7 Å². The molecule has 0 aliphatic heterocycles. The smallest absolute Gasteiger partial charge is 0.408 e. The van der Waals surface area contributed by atoms with Crippen molar-refractivity contribution in [3.8, 4) is 22.8 Å². The molecule has 3 rings (SSSR count). The van der Waals surface area contributed by atoms with Crippen LogP contribution in [-0.4, -0.2) is 39.2 Å². The van der Waals surface area contributed by atoms with E-state index in [1.54, 1.807) is 7.11 Å². The Morgan fingerprint density at radius 2 is 1.80 bits per heavy atom. The summed E-state index contributed by atoms with van der Waals surface area (Å²) in [5.74, 6) is 1.36. The Labute approximate surface area is 192 Å². The number of alkyl carbamates (subject to hydrolysis) is 1. The minimum atomic E-state index is -1.91. The van der Waals surface area contributed by atoms with E-state index in [1.165, 1.54) is 18.6 Å². The average molecular weight is 488 g/mol. The normalized spacial score (nSPS) is 13.0. The number of rotatable bonds is 5. The third kappa shape index (κ3) is 5.46. The number of para-hydroxylation sites is 1. The van der Waals surface area contributed by atoms with E-state index in [0.717, 1.165) is 17.0 Å². The van der Waals surface area contributed by atoms with Gasteiger partial charge in [0.25, 0.3) is 0 Å². The number of hydrogen-bond acceptors (Lipinski definition) is 6. The van der Waals surface area contributed by atoms with Gasteiger partial charge in [0.05, 0.1) is 19.9 Å². The summed E-state index contributed by atoms with van der Waals surface area (Å²) in [6.07, 6.45) is -1.98. The highest BCUT2D eigenvalue weighted by atomic mass is 35.6. The van der Waals surface area contributed by atoms with Gasteiger partial charge < -0.3 is 9.47 Å². The van der Waals surface area contributed by atoms with Crippen LogP contribution in [0.25, 0.3) is 17.1 Å². The van der Waals surface area contributed by atoms with E-state index in [9.17, 15) is 4.79 Å². The van der Waals surface area contributed by atoms with Crippen molar-refractivity contribution in [3.63, 3.8) is 0 Å². The molecular weight excluding hydrogens is 471 g/mol. The van der Waals surface area contributed by atoms with Crippen molar-refractivity contribution in [2.24, 2.45) is 4.99 Å². The molecule has 3 aromatic rings. The number of halogens is 3. The number of benzene rings is 2. The van der Waals surface area contributed by atoms with E-state index in [1.807, 2.05) is 58.6 Å². The molecule has 0 bridgehead atoms. The molecule has 1 heterocycles. The van der Waals surface area contributed by atoms with Gasteiger partial charge in [-0.3, -0.25) is 5.32 Å². The molecule has 0 spiro atoms. The molecule has 2 aromatic carbocycles. The van der Waals surface area contributed by atoms with Crippen molar-refractivity contribution in [2.45, 2.75) is 9.96 Å². The Morgan fingerprint density at radius 3 is 2.37 bits per heavy atom. The van der Waals surface area contributed by atoms with Crippen LogP contribution in [0.15, 0.2) is 59.6 Å². The maximum Gasteiger partial charge on any atom is 0.408 e. The molecule has 0 saturated heterocycles. The van der Waals surface area contributed by atoms with Crippen LogP contribution in [0, 0.1) is 0 Å². The molecule has 0 saturated carbocycles. The minimum absolute atomic E-state index is 0.303. The van der Waals surface area contributed by atoms with Crippen LogP contribution < -0.4 is 14.9 Å². The number of aromatic nitrogens is 2. The summed E-state index contributed by atoms with van der Waals surface area (Å²) in [5.41, 5.74) is 1.72. The van der Waals surface area contributed by atoms with Crippen molar-refractivity contribution in [1.29, 1.82) is 0 Å². The molecule has 1 amide bonds. The van der Waals surface area contributed by atoms with Crippen LogP contribution in [0.4, 0.5) is 4.79 Å². The van der Waals surface area contributed by atoms with Gasteiger partial charge in [0.15, 0.2) is 12.0 Å². The average Bonchev–Trinajstić information content (AvgIpc) is 3.17. The third-order valence-electron chi connectivity index (χ3n) is 3.90. The first-order chi connectivity index (χ1) is 14.3. The molecule has 1 N–H and O–H groups in total. The summed E-state index contributed by atoms with van der Waals surface area (Å²) in [6, 6.07) is 17.1. The molecule has 0 fully saturated rings. The first-order valence-corrected chi connectivity index (χ1v) is 10.5. The maximum atomic E-state index is 11.6. The zero-order valence-electron chi connectivity index (χ0n) is 15.9. The molecule has 158 valence electrons. The van der Waals surface area contributed by atoms with Gasteiger partial charge in [0.1, 0.15) is 5.75 Å². The molecular formula is C19H17Cl3N4O3S. The number of hydrogen-bond donors (Lipinski definition) is 1. The number of alkyl halides is 3. The van der Waals surface area contributed by atoms with E-state index >= 15 is 0 Å². The van der Waals surface area contributed by atoms with Crippen molar-refractivity contribution in [1.82, 2.24) is 14.3 Å². The van der Waals surface area contributed by atoms with Crippen molar-refractivity contribution in [2.75, 3.05) is 14.2 Å². The van der Waals surface area contributed by atoms with Crippen LogP contribution in [0.1, 0.15) is 0 Å². The van der Waals surface area contributed by atoms with Crippen LogP contribution >= 0.6 is 46.3 Å². The molecule has 11 heteroatoms. The van der Waals surface area contributed by atoms with Gasteiger partial charge in [-0.15, -0.1) is 0 Å². The lowest BCUT2D eigenvalue weighted by atomic mass is 10.2. The zero-order valence-corrected chi connectivity index (χ0v) is 19.0. The predicted molar refractivity (Wildman–Crippen MR) is 119 cm³/mol. The number of carbonyl (C=O) groups excluding carboxylic acids is 1. The van der Waals surface area contributed by atoms with Crippen molar-refractivity contribution >= 4 is 52.4 Å². The summed E-state index contributed by atoms with van der Waals surface area (Å²) >= 11 is 19.2. The van der Waals surface area contributed by atoms with Crippen molar-refractivity contribution in [3.05, 3.63) is 59.4 Å². The van der Waals surface area contributed by atoms with Gasteiger partial charge in [-0.25, -0.2) is 13.7 Å². The highest BCUT2D eigenvalue weighted by molar-refractivity contribution is 7.04. The van der Waals surface area contributed by atoms with Gasteiger partial charge in [0.2, 0.25) is 8.59 Å². The molecule has 0 radical (unpaired) electrons. The Balaban J connectivity index is 2.12. The molecule has 30 heavy (non-hydrogen) atoms. The zero-order chi connectivity index (χ0) is 21.7. The fourth-order valence-electron chi connectivity index (χ4n) is 2.46. The number of ether oxygens (including phenoxy) is 2. The summed E-state index contributed by atoms with van der Waals surface area (Å²) in [4.78, 5) is 20.9. The second kappa shape index (κ2) is 9.70. The predicted octanol–water partition coefficient (Wildman–Crippen LogP) is 4.56. The maximum absolute atomic E-state index is 11.6. The molecule has 1 unspecified atom stereocenters. The minimum Gasteiger partial charge on any atom is -0.497 e. The second-order valence-electron chi connectivity index (χ2n) is 5.88. The van der Waals surface area contributed by atoms with E-state index < -0.39 is 16.1 Å². The lowest BCUT2D eigenvalue weighted by Gasteiger charge is -2.20.